The number of hydrogen-bond acceptors (Lipinski definition) is 2. The van der Waals surface area contributed by atoms with Crippen LogP contribution in [0.25, 0.3) is 0 Å². The molecule has 0 saturated carbocycles. The van der Waals surface area contributed by atoms with Crippen molar-refractivity contribution in [2.24, 2.45) is 0 Å². The predicted molar refractivity (Wildman–Crippen MR) is 105 cm³/mol. The Hall–Kier alpha value is -2.40. The SMILES string of the molecule is CC(=O)N(CCC(=O)NC(C)(C)c1ccc(F)cc1Cl)Cc1ccccc1. The van der Waals surface area contributed by atoms with Gasteiger partial charge in [0.1, 0.15) is 5.82 Å². The summed E-state index contributed by atoms with van der Waals surface area (Å²) in [5, 5.41) is 3.17. The maximum absolute atomic E-state index is 13.3. The Labute approximate surface area is 164 Å². The van der Waals surface area contributed by atoms with Crippen molar-refractivity contribution >= 4 is 23.4 Å². The average Bonchev–Trinajstić information content (AvgIpc) is 2.58. The lowest BCUT2D eigenvalue weighted by atomic mass is 9.94. The topological polar surface area (TPSA) is 49.4 Å². The zero-order valence-corrected chi connectivity index (χ0v) is 16.5. The van der Waals surface area contributed by atoms with Gasteiger partial charge in [0.15, 0.2) is 0 Å². The molecule has 2 rings (SSSR count). The van der Waals surface area contributed by atoms with Crippen molar-refractivity contribution in [2.75, 3.05) is 6.54 Å². The molecule has 1 N–H and O–H groups in total. The first-order valence-corrected chi connectivity index (χ1v) is 9.13. The molecule has 0 radical (unpaired) electrons. The van der Waals surface area contributed by atoms with E-state index in [1.54, 1.807) is 24.8 Å². The lowest BCUT2D eigenvalue weighted by Crippen LogP contribution is -2.42. The smallest absolute Gasteiger partial charge is 0.222 e. The summed E-state index contributed by atoms with van der Waals surface area (Å²) < 4.78 is 13.3. The minimum absolute atomic E-state index is 0.0903. The first-order chi connectivity index (χ1) is 12.7. The van der Waals surface area contributed by atoms with Gasteiger partial charge in [0, 0.05) is 31.5 Å². The molecule has 0 unspecified atom stereocenters. The standard InChI is InChI=1S/C21H24ClFN2O2/c1-15(26)25(14-16-7-5-4-6-8-16)12-11-20(27)24-21(2,3)18-10-9-17(23)13-19(18)22/h4-10,13H,11-12,14H2,1-3H3,(H,24,27). The fraction of sp³-hybridized carbons (Fsp3) is 0.333. The number of nitrogens with zero attached hydrogens (tertiary/aromatic N) is 1. The first-order valence-electron chi connectivity index (χ1n) is 8.75. The summed E-state index contributed by atoms with van der Waals surface area (Å²) in [6.45, 7) is 5.86. The van der Waals surface area contributed by atoms with Crippen LogP contribution in [0.15, 0.2) is 48.5 Å². The van der Waals surface area contributed by atoms with E-state index in [9.17, 15) is 14.0 Å². The van der Waals surface area contributed by atoms with E-state index in [1.807, 2.05) is 30.3 Å². The summed E-state index contributed by atoms with van der Waals surface area (Å²) in [5.41, 5.74) is 0.876. The highest BCUT2D eigenvalue weighted by Crippen LogP contribution is 2.28. The fourth-order valence-electron chi connectivity index (χ4n) is 2.86. The van der Waals surface area contributed by atoms with Crippen LogP contribution in [0.4, 0.5) is 4.39 Å². The van der Waals surface area contributed by atoms with Gasteiger partial charge >= 0.3 is 0 Å². The van der Waals surface area contributed by atoms with Crippen molar-refractivity contribution in [3.63, 3.8) is 0 Å². The second kappa shape index (κ2) is 9.00. The molecule has 0 spiro atoms. The van der Waals surface area contributed by atoms with Crippen LogP contribution in [0, 0.1) is 5.82 Å². The van der Waals surface area contributed by atoms with Crippen LogP contribution in [0.2, 0.25) is 5.02 Å². The minimum atomic E-state index is -0.762. The van der Waals surface area contributed by atoms with E-state index >= 15 is 0 Å². The van der Waals surface area contributed by atoms with Gasteiger partial charge in [-0.25, -0.2) is 4.39 Å². The molecule has 0 aliphatic rings. The molecular weight excluding hydrogens is 367 g/mol. The molecule has 27 heavy (non-hydrogen) atoms. The quantitative estimate of drug-likeness (QED) is 0.767. The highest BCUT2D eigenvalue weighted by Gasteiger charge is 2.26. The molecule has 2 amide bonds. The molecule has 0 heterocycles. The molecule has 0 aliphatic heterocycles. The van der Waals surface area contributed by atoms with Crippen LogP contribution < -0.4 is 5.32 Å². The van der Waals surface area contributed by atoms with Gasteiger partial charge in [-0.15, -0.1) is 0 Å². The van der Waals surface area contributed by atoms with Gasteiger partial charge in [-0.2, -0.15) is 0 Å². The van der Waals surface area contributed by atoms with Crippen LogP contribution in [0.1, 0.15) is 38.3 Å². The van der Waals surface area contributed by atoms with Gasteiger partial charge in [0.05, 0.1) is 5.54 Å². The maximum atomic E-state index is 13.3. The zero-order valence-electron chi connectivity index (χ0n) is 15.8. The van der Waals surface area contributed by atoms with Crippen molar-refractivity contribution < 1.29 is 14.0 Å². The Balaban J connectivity index is 1.97. The Morgan fingerprint density at radius 2 is 1.81 bits per heavy atom. The van der Waals surface area contributed by atoms with Crippen LogP contribution in [0.5, 0.6) is 0 Å². The number of hydrogen-bond donors (Lipinski definition) is 1. The van der Waals surface area contributed by atoms with Crippen LogP contribution in [-0.4, -0.2) is 23.3 Å². The summed E-state index contributed by atoms with van der Waals surface area (Å²) in [5.74, 6) is -0.726. The number of nitrogens with one attached hydrogen (secondary N) is 1. The second-order valence-corrected chi connectivity index (χ2v) is 7.38. The largest absolute Gasteiger partial charge is 0.347 e. The van der Waals surface area contributed by atoms with E-state index in [1.165, 1.54) is 19.1 Å². The van der Waals surface area contributed by atoms with Crippen molar-refractivity contribution in [3.05, 3.63) is 70.5 Å². The molecule has 0 bridgehead atoms. The van der Waals surface area contributed by atoms with E-state index in [-0.39, 0.29) is 23.3 Å². The molecule has 2 aromatic rings. The number of amides is 2. The third kappa shape index (κ3) is 6.07. The Morgan fingerprint density at radius 1 is 1.15 bits per heavy atom. The summed E-state index contributed by atoms with van der Waals surface area (Å²) in [6, 6.07) is 13.7. The molecule has 0 aliphatic carbocycles. The van der Waals surface area contributed by atoms with E-state index < -0.39 is 11.4 Å². The molecule has 4 nitrogen and oxygen atoms in total. The number of halogens is 2. The summed E-state index contributed by atoms with van der Waals surface area (Å²) >= 11 is 6.11. The number of carbonyl (C=O) groups excluding carboxylic acids is 2. The monoisotopic (exact) mass is 390 g/mol. The Morgan fingerprint density at radius 3 is 2.41 bits per heavy atom. The second-order valence-electron chi connectivity index (χ2n) is 6.97. The molecule has 0 fully saturated rings. The average molecular weight is 391 g/mol. The Bertz CT molecular complexity index is 809. The molecule has 2 aromatic carbocycles. The van der Waals surface area contributed by atoms with E-state index in [4.69, 9.17) is 11.6 Å². The van der Waals surface area contributed by atoms with Crippen molar-refractivity contribution in [3.8, 4) is 0 Å². The number of benzene rings is 2. The van der Waals surface area contributed by atoms with E-state index in [2.05, 4.69) is 5.32 Å². The Kier molecular flexibility index (Phi) is 6.97. The molecular formula is C21H24ClFN2O2. The molecule has 0 atom stereocenters. The molecule has 0 aromatic heterocycles. The van der Waals surface area contributed by atoms with Crippen LogP contribution in [0.3, 0.4) is 0 Å². The molecule has 6 heteroatoms. The third-order valence-electron chi connectivity index (χ3n) is 4.33. The van der Waals surface area contributed by atoms with Gasteiger partial charge in [0.2, 0.25) is 11.8 Å². The van der Waals surface area contributed by atoms with Crippen molar-refractivity contribution in [1.82, 2.24) is 10.2 Å². The lowest BCUT2D eigenvalue weighted by Gasteiger charge is -2.29. The number of rotatable bonds is 7. The van der Waals surface area contributed by atoms with Crippen LogP contribution in [-0.2, 0) is 21.7 Å². The summed E-state index contributed by atoms with van der Waals surface area (Å²) in [6.07, 6.45) is 0.161. The fourth-order valence-corrected chi connectivity index (χ4v) is 3.27. The van der Waals surface area contributed by atoms with Gasteiger partial charge in [-0.05, 0) is 37.1 Å². The van der Waals surface area contributed by atoms with Crippen molar-refractivity contribution in [2.45, 2.75) is 39.3 Å². The van der Waals surface area contributed by atoms with Crippen molar-refractivity contribution in [1.29, 1.82) is 0 Å². The van der Waals surface area contributed by atoms with E-state index in [0.717, 1.165) is 5.56 Å². The normalized spacial score (nSPS) is 11.1. The number of carbonyl (C=O) groups is 2. The van der Waals surface area contributed by atoms with Crippen LogP contribution >= 0.6 is 11.6 Å². The highest BCUT2D eigenvalue weighted by atomic mass is 35.5. The predicted octanol–water partition coefficient (Wildman–Crippen LogP) is 4.27. The first kappa shape index (κ1) is 20.9. The lowest BCUT2D eigenvalue weighted by molar-refractivity contribution is -0.130. The summed E-state index contributed by atoms with van der Waals surface area (Å²) in [7, 11) is 0. The van der Waals surface area contributed by atoms with Gasteiger partial charge in [-0.3, -0.25) is 9.59 Å². The zero-order chi connectivity index (χ0) is 20.0. The molecule has 0 saturated heterocycles. The van der Waals surface area contributed by atoms with E-state index in [0.29, 0.717) is 18.7 Å². The maximum Gasteiger partial charge on any atom is 0.222 e. The molecule has 144 valence electrons. The van der Waals surface area contributed by atoms with Gasteiger partial charge in [0.25, 0.3) is 0 Å². The third-order valence-corrected chi connectivity index (χ3v) is 4.64. The van der Waals surface area contributed by atoms with Gasteiger partial charge < -0.3 is 10.2 Å². The summed E-state index contributed by atoms with van der Waals surface area (Å²) in [4.78, 5) is 25.9. The minimum Gasteiger partial charge on any atom is -0.347 e. The van der Waals surface area contributed by atoms with Gasteiger partial charge in [-0.1, -0.05) is 48.0 Å². The highest BCUT2D eigenvalue weighted by molar-refractivity contribution is 6.31.